The molecule has 0 bridgehead atoms. The molecule has 0 aliphatic heterocycles. The summed E-state index contributed by atoms with van der Waals surface area (Å²) in [6.07, 6.45) is 1.77. The number of esters is 1. The van der Waals surface area contributed by atoms with Crippen LogP contribution in [0.4, 0.5) is 0 Å². The summed E-state index contributed by atoms with van der Waals surface area (Å²) in [6.45, 7) is 4.28. The molecule has 25 heavy (non-hydrogen) atoms. The lowest BCUT2D eigenvalue weighted by atomic mass is 10.1. The summed E-state index contributed by atoms with van der Waals surface area (Å²) in [6, 6.07) is 7.29. The van der Waals surface area contributed by atoms with Gasteiger partial charge in [0, 0.05) is 0 Å². The first-order valence-corrected chi connectivity index (χ1v) is 7.98. The van der Waals surface area contributed by atoms with E-state index in [0.29, 0.717) is 18.6 Å². The minimum atomic E-state index is -0.725. The van der Waals surface area contributed by atoms with Crippen LogP contribution >= 0.6 is 0 Å². The lowest BCUT2D eigenvalue weighted by Crippen LogP contribution is -2.30. The quantitative estimate of drug-likeness (QED) is 0.653. The first-order valence-electron chi connectivity index (χ1n) is 7.98. The molecule has 0 spiro atoms. The molecular formula is C17H19N5O3. The van der Waals surface area contributed by atoms with E-state index < -0.39 is 17.6 Å². The molecular weight excluding hydrogens is 322 g/mol. The highest BCUT2D eigenvalue weighted by molar-refractivity contribution is 5.75. The SMILES string of the molecule is CC[C@H](C(=O)OC)n1cnc2c(nnn2Cc2ccc(C)cc2)c1=O. The van der Waals surface area contributed by atoms with Gasteiger partial charge in [-0.2, -0.15) is 0 Å². The first kappa shape index (κ1) is 16.8. The van der Waals surface area contributed by atoms with Crippen molar-refractivity contribution < 1.29 is 9.53 Å². The van der Waals surface area contributed by atoms with Gasteiger partial charge in [-0.05, 0) is 18.9 Å². The van der Waals surface area contributed by atoms with E-state index in [1.54, 1.807) is 11.6 Å². The summed E-state index contributed by atoms with van der Waals surface area (Å²) in [4.78, 5) is 28.8. The van der Waals surface area contributed by atoms with Crippen molar-refractivity contribution in [3.05, 3.63) is 52.1 Å². The van der Waals surface area contributed by atoms with Gasteiger partial charge in [0.15, 0.2) is 11.2 Å². The van der Waals surface area contributed by atoms with Crippen molar-refractivity contribution in [1.82, 2.24) is 24.5 Å². The van der Waals surface area contributed by atoms with E-state index in [0.717, 1.165) is 5.56 Å². The Balaban J connectivity index is 2.00. The van der Waals surface area contributed by atoms with Crippen molar-refractivity contribution in [1.29, 1.82) is 0 Å². The molecule has 3 aromatic rings. The van der Waals surface area contributed by atoms with Gasteiger partial charge in [-0.15, -0.1) is 5.10 Å². The third-order valence-electron chi connectivity index (χ3n) is 4.10. The molecule has 2 aromatic heterocycles. The number of methoxy groups -OCH3 is 1. The lowest BCUT2D eigenvalue weighted by Gasteiger charge is -2.14. The first-order chi connectivity index (χ1) is 12.0. The summed E-state index contributed by atoms with van der Waals surface area (Å²) in [5.41, 5.74) is 2.32. The largest absolute Gasteiger partial charge is 0.467 e. The molecule has 0 N–H and O–H groups in total. The van der Waals surface area contributed by atoms with E-state index in [-0.39, 0.29) is 5.52 Å². The Bertz CT molecular complexity index is 959. The van der Waals surface area contributed by atoms with E-state index in [1.807, 2.05) is 31.2 Å². The molecule has 0 unspecified atom stereocenters. The summed E-state index contributed by atoms with van der Waals surface area (Å²) in [7, 11) is 1.29. The fourth-order valence-electron chi connectivity index (χ4n) is 2.67. The molecule has 0 aliphatic carbocycles. The number of nitrogens with zero attached hydrogens (tertiary/aromatic N) is 5. The highest BCUT2D eigenvalue weighted by atomic mass is 16.5. The van der Waals surface area contributed by atoms with Crippen LogP contribution in [-0.2, 0) is 16.1 Å². The number of carbonyl (C=O) groups excluding carboxylic acids is 1. The van der Waals surface area contributed by atoms with Crippen molar-refractivity contribution in [2.45, 2.75) is 32.9 Å². The third-order valence-corrected chi connectivity index (χ3v) is 4.10. The third kappa shape index (κ3) is 3.15. The zero-order valence-electron chi connectivity index (χ0n) is 14.3. The van der Waals surface area contributed by atoms with Crippen molar-refractivity contribution in [2.75, 3.05) is 7.11 Å². The number of hydrogen-bond acceptors (Lipinski definition) is 6. The van der Waals surface area contributed by atoms with E-state index in [2.05, 4.69) is 15.3 Å². The van der Waals surface area contributed by atoms with Crippen LogP contribution in [0.15, 0.2) is 35.4 Å². The zero-order valence-corrected chi connectivity index (χ0v) is 14.3. The highest BCUT2D eigenvalue weighted by Crippen LogP contribution is 2.13. The van der Waals surface area contributed by atoms with Crippen LogP contribution in [-0.4, -0.2) is 37.6 Å². The normalized spacial score (nSPS) is 12.3. The standard InChI is InChI=1S/C17H19N5O3/c1-4-13(17(24)25-3)21-10-18-15-14(16(21)23)19-20-22(15)9-12-7-5-11(2)6-8-12/h5-8,10,13H,4,9H2,1-3H3/t13-/m1/s1. The van der Waals surface area contributed by atoms with Gasteiger partial charge in [0.1, 0.15) is 12.4 Å². The lowest BCUT2D eigenvalue weighted by molar-refractivity contribution is -0.144. The number of fused-ring (bicyclic) bond motifs is 1. The van der Waals surface area contributed by atoms with E-state index in [9.17, 15) is 9.59 Å². The minimum Gasteiger partial charge on any atom is -0.467 e. The van der Waals surface area contributed by atoms with Crippen LogP contribution < -0.4 is 5.56 Å². The van der Waals surface area contributed by atoms with Gasteiger partial charge in [-0.3, -0.25) is 9.36 Å². The van der Waals surface area contributed by atoms with Crippen LogP contribution in [0.25, 0.3) is 11.2 Å². The van der Waals surface area contributed by atoms with Crippen molar-refractivity contribution in [2.24, 2.45) is 0 Å². The van der Waals surface area contributed by atoms with Gasteiger partial charge >= 0.3 is 5.97 Å². The summed E-state index contributed by atoms with van der Waals surface area (Å²) in [5.74, 6) is -0.488. The number of hydrogen-bond donors (Lipinski definition) is 0. The second kappa shape index (κ2) is 6.84. The average Bonchev–Trinajstić information content (AvgIpc) is 3.03. The van der Waals surface area contributed by atoms with Gasteiger partial charge in [-0.1, -0.05) is 42.0 Å². The molecule has 0 fully saturated rings. The van der Waals surface area contributed by atoms with Crippen LogP contribution in [0, 0.1) is 6.92 Å². The predicted molar refractivity (Wildman–Crippen MR) is 91.2 cm³/mol. The molecule has 8 heteroatoms. The number of carbonyl (C=O) groups is 1. The Labute approximate surface area is 144 Å². The summed E-state index contributed by atoms with van der Waals surface area (Å²) >= 11 is 0. The number of ether oxygens (including phenoxy) is 1. The van der Waals surface area contributed by atoms with Crippen LogP contribution in [0.5, 0.6) is 0 Å². The molecule has 0 radical (unpaired) electrons. The van der Waals surface area contributed by atoms with Crippen molar-refractivity contribution >= 4 is 17.1 Å². The van der Waals surface area contributed by atoms with E-state index in [1.165, 1.54) is 23.6 Å². The Morgan fingerprint density at radius 3 is 2.64 bits per heavy atom. The summed E-state index contributed by atoms with van der Waals surface area (Å²) in [5, 5.41) is 8.00. The van der Waals surface area contributed by atoms with Crippen molar-refractivity contribution in [3.8, 4) is 0 Å². The van der Waals surface area contributed by atoms with Gasteiger partial charge in [-0.25, -0.2) is 14.5 Å². The molecule has 0 aliphatic rings. The van der Waals surface area contributed by atoms with Gasteiger partial charge in [0.05, 0.1) is 13.7 Å². The molecule has 130 valence electrons. The maximum Gasteiger partial charge on any atom is 0.329 e. The Morgan fingerprint density at radius 2 is 2.00 bits per heavy atom. The molecule has 1 atom stereocenters. The second-order valence-electron chi connectivity index (χ2n) is 5.81. The second-order valence-corrected chi connectivity index (χ2v) is 5.81. The zero-order chi connectivity index (χ0) is 18.0. The number of rotatable bonds is 5. The fourth-order valence-corrected chi connectivity index (χ4v) is 2.67. The molecule has 8 nitrogen and oxygen atoms in total. The molecule has 0 saturated carbocycles. The van der Waals surface area contributed by atoms with Gasteiger partial charge < -0.3 is 4.74 Å². The van der Waals surface area contributed by atoms with E-state index in [4.69, 9.17) is 4.74 Å². The van der Waals surface area contributed by atoms with Crippen LogP contribution in [0.3, 0.4) is 0 Å². The van der Waals surface area contributed by atoms with Crippen molar-refractivity contribution in [3.63, 3.8) is 0 Å². The van der Waals surface area contributed by atoms with Gasteiger partial charge in [0.2, 0.25) is 0 Å². The fraction of sp³-hybridized carbons (Fsp3) is 0.353. The molecule has 1 aromatic carbocycles. The number of aryl methyl sites for hydroxylation is 1. The maximum atomic E-state index is 12.7. The Kier molecular flexibility index (Phi) is 4.60. The van der Waals surface area contributed by atoms with Crippen LogP contribution in [0.2, 0.25) is 0 Å². The smallest absolute Gasteiger partial charge is 0.329 e. The van der Waals surface area contributed by atoms with Crippen LogP contribution in [0.1, 0.15) is 30.5 Å². The molecule has 0 saturated heterocycles. The Hall–Kier alpha value is -3.03. The van der Waals surface area contributed by atoms with E-state index >= 15 is 0 Å². The minimum absolute atomic E-state index is 0.136. The maximum absolute atomic E-state index is 12.7. The molecule has 2 heterocycles. The topological polar surface area (TPSA) is 91.9 Å². The predicted octanol–water partition coefficient (Wildman–Crippen LogP) is 1.47. The monoisotopic (exact) mass is 341 g/mol. The Morgan fingerprint density at radius 1 is 1.28 bits per heavy atom. The average molecular weight is 341 g/mol. The highest BCUT2D eigenvalue weighted by Gasteiger charge is 2.23. The molecule has 3 rings (SSSR count). The summed E-state index contributed by atoms with van der Waals surface area (Å²) < 4.78 is 7.57. The van der Waals surface area contributed by atoms with Gasteiger partial charge in [0.25, 0.3) is 5.56 Å². The number of aromatic nitrogens is 5. The molecule has 0 amide bonds. The number of benzene rings is 1.